The molecule has 8 aromatic heterocycles. The number of aryl methyl sites for hydroxylation is 4. The van der Waals surface area contributed by atoms with Gasteiger partial charge in [0.25, 0.3) is 0 Å². The molecule has 0 bridgehead atoms. The molecule has 79 heavy (non-hydrogen) atoms. The first-order chi connectivity index (χ1) is 38.7. The van der Waals surface area contributed by atoms with Crippen LogP contribution < -0.4 is 10.4 Å². The van der Waals surface area contributed by atoms with Gasteiger partial charge in [-0.1, -0.05) is 177 Å². The number of thiophene rings is 8. The Morgan fingerprint density at radius 2 is 0.582 bits per heavy atom. The molecule has 2 aromatic carbocycles. The third-order valence-corrected chi connectivity index (χ3v) is 29.3. The Bertz CT molecular complexity index is 3210. The third-order valence-electron chi connectivity index (χ3n) is 15.9. The average molecular weight is 1210 g/mol. The number of benzene rings is 2. The molecule has 0 aliphatic heterocycles. The normalized spacial score (nSPS) is 11.9. The van der Waals surface area contributed by atoms with Crippen LogP contribution in [-0.2, 0) is 25.7 Å². The summed E-state index contributed by atoms with van der Waals surface area (Å²) in [6.07, 6.45) is 25.4. The molecular formula is C70H80S8Si. The van der Waals surface area contributed by atoms with Crippen molar-refractivity contribution >= 4 is 109 Å². The largest absolute Gasteiger partial charge is 0.143 e. The third kappa shape index (κ3) is 14.4. The second kappa shape index (κ2) is 28.5. The zero-order valence-electron chi connectivity index (χ0n) is 47.6. The van der Waals surface area contributed by atoms with Crippen LogP contribution in [0.3, 0.4) is 0 Å². The Labute approximate surface area is 507 Å². The molecule has 412 valence electrons. The molecule has 0 amide bonds. The first-order valence-corrected chi connectivity index (χ1v) is 39.4. The Hall–Kier alpha value is -3.74. The minimum atomic E-state index is -1.97. The summed E-state index contributed by atoms with van der Waals surface area (Å²) in [6, 6.07) is 48.3. The van der Waals surface area contributed by atoms with Crippen molar-refractivity contribution in [1.82, 2.24) is 0 Å². The van der Waals surface area contributed by atoms with E-state index < -0.39 is 8.07 Å². The standard InChI is InChI=1S/C70H80S8Si/c1-7-11-15-19-23-51-43-45-71-67(51)61-39-35-57(73-61)59-37-41-63(75-59)69-53(25-21-17-13-9-3)47-65(77-69)49-27-31-55(32-28-49)79(5,6)56-33-29-50(30-34-56)66-48-54(26-22-18-14-10-4)70(78-66)64-42-38-60(76-64)58-36-40-62(74-58)68-52(44-46-72-68)24-20-16-12-8-2/h27-48H,7-26H2,1-6H3. The molecule has 0 N–H and O–H groups in total. The van der Waals surface area contributed by atoms with E-state index in [1.807, 2.05) is 90.7 Å². The van der Waals surface area contributed by atoms with Crippen LogP contribution in [0.2, 0.25) is 13.1 Å². The summed E-state index contributed by atoms with van der Waals surface area (Å²) in [4.78, 5) is 19.9. The van der Waals surface area contributed by atoms with Crippen molar-refractivity contribution < 1.29 is 0 Å². The van der Waals surface area contributed by atoms with Gasteiger partial charge in [-0.25, -0.2) is 0 Å². The van der Waals surface area contributed by atoms with Crippen LogP contribution in [-0.4, -0.2) is 8.07 Å². The van der Waals surface area contributed by atoms with Crippen molar-refractivity contribution in [2.75, 3.05) is 0 Å². The molecule has 0 spiro atoms. The lowest BCUT2D eigenvalue weighted by Gasteiger charge is -2.24. The second-order valence-electron chi connectivity index (χ2n) is 22.2. The van der Waals surface area contributed by atoms with Gasteiger partial charge in [0.1, 0.15) is 8.07 Å². The monoisotopic (exact) mass is 1200 g/mol. The molecule has 0 fully saturated rings. The van der Waals surface area contributed by atoms with Gasteiger partial charge < -0.3 is 0 Å². The Morgan fingerprint density at radius 3 is 0.911 bits per heavy atom. The summed E-state index contributed by atoms with van der Waals surface area (Å²) < 4.78 is 0. The maximum atomic E-state index is 2.53. The minimum absolute atomic E-state index is 1.14. The van der Waals surface area contributed by atoms with Gasteiger partial charge in [-0.05, 0) is 168 Å². The molecule has 0 aliphatic carbocycles. The van der Waals surface area contributed by atoms with Crippen LogP contribution >= 0.6 is 90.7 Å². The highest BCUT2D eigenvalue weighted by Gasteiger charge is 2.27. The molecular weight excluding hydrogens is 1130 g/mol. The summed E-state index contributed by atoms with van der Waals surface area (Å²) in [5.74, 6) is 0. The van der Waals surface area contributed by atoms with Crippen molar-refractivity contribution in [2.45, 2.75) is 169 Å². The zero-order valence-corrected chi connectivity index (χ0v) is 55.1. The van der Waals surface area contributed by atoms with Gasteiger partial charge in [0, 0.05) is 68.3 Å². The van der Waals surface area contributed by atoms with Crippen molar-refractivity contribution in [3.8, 4) is 79.4 Å². The molecule has 0 nitrogen and oxygen atoms in total. The van der Waals surface area contributed by atoms with Crippen LogP contribution in [0.5, 0.6) is 0 Å². The van der Waals surface area contributed by atoms with E-state index in [4.69, 9.17) is 0 Å². The van der Waals surface area contributed by atoms with Crippen molar-refractivity contribution in [1.29, 1.82) is 0 Å². The van der Waals surface area contributed by atoms with E-state index >= 15 is 0 Å². The summed E-state index contributed by atoms with van der Waals surface area (Å²) >= 11 is 15.7. The van der Waals surface area contributed by atoms with E-state index in [-0.39, 0.29) is 0 Å². The molecule has 0 saturated heterocycles. The topological polar surface area (TPSA) is 0 Å². The molecule has 0 unspecified atom stereocenters. The average Bonchev–Trinajstić information content (AvgIpc) is 4.35. The van der Waals surface area contributed by atoms with Crippen LogP contribution in [0.1, 0.15) is 153 Å². The van der Waals surface area contributed by atoms with E-state index in [1.54, 1.807) is 0 Å². The van der Waals surface area contributed by atoms with Crippen molar-refractivity contribution in [3.05, 3.63) is 154 Å². The van der Waals surface area contributed by atoms with E-state index in [1.165, 1.54) is 228 Å². The van der Waals surface area contributed by atoms with E-state index in [0.717, 1.165) is 12.8 Å². The Morgan fingerprint density at radius 1 is 0.278 bits per heavy atom. The highest BCUT2D eigenvalue weighted by Crippen LogP contribution is 2.49. The van der Waals surface area contributed by atoms with Gasteiger partial charge in [0.05, 0.1) is 0 Å². The van der Waals surface area contributed by atoms with Gasteiger partial charge in [-0.2, -0.15) is 0 Å². The fourth-order valence-corrected chi connectivity index (χ4v) is 22.5. The van der Waals surface area contributed by atoms with Gasteiger partial charge >= 0.3 is 0 Å². The summed E-state index contributed by atoms with van der Waals surface area (Å²) in [6.45, 7) is 14.3. The van der Waals surface area contributed by atoms with Gasteiger partial charge in [0.15, 0.2) is 0 Å². The summed E-state index contributed by atoms with van der Waals surface area (Å²) in [7, 11) is -1.97. The van der Waals surface area contributed by atoms with Crippen molar-refractivity contribution in [2.24, 2.45) is 0 Å². The predicted molar refractivity (Wildman–Crippen MR) is 368 cm³/mol. The van der Waals surface area contributed by atoms with Gasteiger partial charge in [-0.3, -0.25) is 0 Å². The quantitative estimate of drug-likeness (QED) is 0.0311. The zero-order chi connectivity index (χ0) is 54.6. The first-order valence-electron chi connectivity index (χ1n) is 29.8. The molecule has 8 heterocycles. The molecule has 0 saturated carbocycles. The summed E-state index contributed by atoms with van der Waals surface area (Å²) in [5.41, 5.74) is 8.78. The molecule has 0 atom stereocenters. The molecule has 10 rings (SSSR count). The lowest BCUT2D eigenvalue weighted by molar-refractivity contribution is 0.668. The van der Waals surface area contributed by atoms with Crippen LogP contribution in [0.25, 0.3) is 79.4 Å². The van der Waals surface area contributed by atoms with Crippen LogP contribution in [0, 0.1) is 0 Å². The number of unbranched alkanes of at least 4 members (excludes halogenated alkanes) is 12. The van der Waals surface area contributed by atoms with Gasteiger partial charge in [-0.15, -0.1) is 90.7 Å². The lowest BCUT2D eigenvalue weighted by atomic mass is 10.0. The first kappa shape index (κ1) is 58.5. The fraction of sp³-hybridized carbons (Fsp3) is 0.371. The van der Waals surface area contributed by atoms with Crippen molar-refractivity contribution in [3.63, 3.8) is 0 Å². The number of hydrogen-bond acceptors (Lipinski definition) is 8. The molecule has 0 radical (unpaired) electrons. The molecule has 0 aliphatic rings. The maximum Gasteiger partial charge on any atom is 0.112 e. The minimum Gasteiger partial charge on any atom is -0.143 e. The highest BCUT2D eigenvalue weighted by atomic mass is 32.1. The Kier molecular flexibility index (Phi) is 21.1. The molecule has 9 heteroatoms. The van der Waals surface area contributed by atoms with Gasteiger partial charge in [0.2, 0.25) is 0 Å². The van der Waals surface area contributed by atoms with E-state index in [0.29, 0.717) is 0 Å². The van der Waals surface area contributed by atoms with E-state index in [9.17, 15) is 0 Å². The molecule has 10 aromatic rings. The Balaban J connectivity index is 0.841. The summed E-state index contributed by atoms with van der Waals surface area (Å²) in [5, 5.41) is 7.56. The fourth-order valence-electron chi connectivity index (χ4n) is 11.0. The maximum absolute atomic E-state index is 2.53. The lowest BCUT2D eigenvalue weighted by Crippen LogP contribution is -2.52. The number of hydrogen-bond donors (Lipinski definition) is 0. The van der Waals surface area contributed by atoms with E-state index in [2.05, 4.69) is 173 Å². The number of rotatable bonds is 30. The predicted octanol–water partition coefficient (Wildman–Crippen LogP) is 24.8. The SMILES string of the molecule is CCCCCCc1ccsc1-c1ccc(-c2ccc(-c3sc(-c4ccc([Si](C)(C)c5ccc(-c6cc(CCCCCC)c(-c7ccc(-c8ccc(-c9sccc9CCCCCC)s8)s7)s6)cc5)cc4)cc3CCCCCC)s2)s1. The smallest absolute Gasteiger partial charge is 0.112 e. The van der Waals surface area contributed by atoms with Crippen LogP contribution in [0.15, 0.2) is 132 Å². The second-order valence-corrected chi connectivity index (χ2v) is 34.8. The highest BCUT2D eigenvalue weighted by molar-refractivity contribution is 7.30. The van der Waals surface area contributed by atoms with Crippen LogP contribution in [0.4, 0.5) is 0 Å².